The first-order valence-electron chi connectivity index (χ1n) is 9.37. The Morgan fingerprint density at radius 3 is 2.81 bits per heavy atom. The van der Waals surface area contributed by atoms with Crippen LogP contribution in [0.3, 0.4) is 0 Å². The SMILES string of the molecule is Cc1cccc2c1N(Cc1cnc[nH]1)C(=O)C(N)N=C2C1CCCCC1. The number of hydrogen-bond donors (Lipinski definition) is 2. The second-order valence-electron chi connectivity index (χ2n) is 7.27. The van der Waals surface area contributed by atoms with Gasteiger partial charge in [0, 0.05) is 23.4 Å². The molecule has 1 unspecified atom stereocenters. The minimum Gasteiger partial charge on any atom is -0.347 e. The first-order valence-corrected chi connectivity index (χ1v) is 9.37. The molecule has 6 heteroatoms. The number of aromatic amines is 1. The fourth-order valence-corrected chi connectivity index (χ4v) is 4.17. The number of imidazole rings is 1. The molecule has 0 radical (unpaired) electrons. The summed E-state index contributed by atoms with van der Waals surface area (Å²) in [5.41, 5.74) is 11.2. The topological polar surface area (TPSA) is 87.4 Å². The molecule has 1 saturated carbocycles. The summed E-state index contributed by atoms with van der Waals surface area (Å²) in [6.45, 7) is 2.46. The van der Waals surface area contributed by atoms with E-state index >= 15 is 0 Å². The van der Waals surface area contributed by atoms with Gasteiger partial charge in [0.1, 0.15) is 0 Å². The number of benzene rings is 1. The molecular weight excluding hydrogens is 326 g/mol. The van der Waals surface area contributed by atoms with Gasteiger partial charge < -0.3 is 15.6 Å². The van der Waals surface area contributed by atoms with Crippen molar-refractivity contribution in [1.82, 2.24) is 9.97 Å². The highest BCUT2D eigenvalue weighted by Gasteiger charge is 2.33. The number of rotatable bonds is 3. The van der Waals surface area contributed by atoms with Gasteiger partial charge in [-0.3, -0.25) is 9.79 Å². The van der Waals surface area contributed by atoms with E-state index in [9.17, 15) is 4.79 Å². The van der Waals surface area contributed by atoms with E-state index in [1.54, 1.807) is 17.4 Å². The molecule has 1 atom stereocenters. The highest BCUT2D eigenvalue weighted by atomic mass is 16.2. The monoisotopic (exact) mass is 351 g/mol. The average Bonchev–Trinajstić information content (AvgIpc) is 3.14. The van der Waals surface area contributed by atoms with Crippen molar-refractivity contribution in [3.63, 3.8) is 0 Å². The summed E-state index contributed by atoms with van der Waals surface area (Å²) in [7, 11) is 0. The molecule has 136 valence electrons. The third-order valence-electron chi connectivity index (χ3n) is 5.46. The van der Waals surface area contributed by atoms with E-state index in [4.69, 9.17) is 10.7 Å². The number of aliphatic imine (C=N–C) groups is 1. The van der Waals surface area contributed by atoms with Gasteiger partial charge in [0.2, 0.25) is 0 Å². The van der Waals surface area contributed by atoms with Crippen LogP contribution in [-0.4, -0.2) is 27.8 Å². The number of carbonyl (C=O) groups is 1. The van der Waals surface area contributed by atoms with Gasteiger partial charge in [-0.25, -0.2) is 4.98 Å². The van der Waals surface area contributed by atoms with Gasteiger partial charge in [-0.2, -0.15) is 0 Å². The molecule has 0 spiro atoms. The quantitative estimate of drug-likeness (QED) is 0.891. The highest BCUT2D eigenvalue weighted by Crippen LogP contribution is 2.35. The Hall–Kier alpha value is -2.47. The maximum atomic E-state index is 13.1. The van der Waals surface area contributed by atoms with Crippen LogP contribution < -0.4 is 10.6 Å². The van der Waals surface area contributed by atoms with Crippen molar-refractivity contribution in [2.75, 3.05) is 4.90 Å². The lowest BCUT2D eigenvalue weighted by Gasteiger charge is -2.27. The predicted octanol–water partition coefficient (Wildman–Crippen LogP) is 2.92. The van der Waals surface area contributed by atoms with E-state index in [-0.39, 0.29) is 5.91 Å². The smallest absolute Gasteiger partial charge is 0.266 e. The molecule has 1 fully saturated rings. The fraction of sp³-hybridized carbons (Fsp3) is 0.450. The van der Waals surface area contributed by atoms with E-state index in [0.717, 1.165) is 41.1 Å². The second-order valence-corrected chi connectivity index (χ2v) is 7.27. The van der Waals surface area contributed by atoms with Crippen LogP contribution in [0.15, 0.2) is 35.7 Å². The molecule has 4 rings (SSSR count). The largest absolute Gasteiger partial charge is 0.347 e. The number of carbonyl (C=O) groups excluding carboxylic acids is 1. The molecule has 2 heterocycles. The number of aromatic nitrogens is 2. The zero-order valence-electron chi connectivity index (χ0n) is 15.1. The van der Waals surface area contributed by atoms with Gasteiger partial charge in [0.05, 0.1) is 24.3 Å². The molecule has 0 bridgehead atoms. The number of nitrogens with two attached hydrogens (primary N) is 1. The van der Waals surface area contributed by atoms with Crippen LogP contribution in [0.2, 0.25) is 0 Å². The molecule has 1 aliphatic carbocycles. The summed E-state index contributed by atoms with van der Waals surface area (Å²) in [4.78, 5) is 26.7. The van der Waals surface area contributed by atoms with Crippen LogP contribution in [0, 0.1) is 12.8 Å². The van der Waals surface area contributed by atoms with Crippen molar-refractivity contribution in [2.24, 2.45) is 16.6 Å². The fourth-order valence-electron chi connectivity index (χ4n) is 4.17. The number of fused-ring (bicyclic) bond motifs is 1. The molecule has 2 aliphatic rings. The third-order valence-corrected chi connectivity index (χ3v) is 5.46. The minimum absolute atomic E-state index is 0.166. The normalized spacial score (nSPS) is 21.3. The van der Waals surface area contributed by atoms with Crippen molar-refractivity contribution in [1.29, 1.82) is 0 Å². The number of para-hydroxylation sites is 1. The van der Waals surface area contributed by atoms with Crippen LogP contribution in [0.5, 0.6) is 0 Å². The molecule has 0 saturated heterocycles. The summed E-state index contributed by atoms with van der Waals surface area (Å²) in [6, 6.07) is 6.17. The maximum absolute atomic E-state index is 13.1. The van der Waals surface area contributed by atoms with Crippen molar-refractivity contribution in [3.05, 3.63) is 47.5 Å². The summed E-state index contributed by atoms with van der Waals surface area (Å²) in [6.07, 6.45) is 8.45. The van der Waals surface area contributed by atoms with Gasteiger partial charge >= 0.3 is 0 Å². The zero-order valence-corrected chi connectivity index (χ0v) is 15.1. The van der Waals surface area contributed by atoms with Crippen LogP contribution in [0.25, 0.3) is 0 Å². The molecule has 1 aromatic carbocycles. The third kappa shape index (κ3) is 3.05. The van der Waals surface area contributed by atoms with Crippen LogP contribution >= 0.6 is 0 Å². The molecule has 1 aromatic heterocycles. The Bertz CT molecular complexity index is 821. The van der Waals surface area contributed by atoms with Gasteiger partial charge in [0.25, 0.3) is 5.91 Å². The molecule has 6 nitrogen and oxygen atoms in total. The van der Waals surface area contributed by atoms with Crippen LogP contribution in [-0.2, 0) is 11.3 Å². The number of benzodiazepines with no additional fused rings is 1. The van der Waals surface area contributed by atoms with E-state index in [0.29, 0.717) is 12.5 Å². The molecule has 26 heavy (non-hydrogen) atoms. The first-order chi connectivity index (χ1) is 12.6. The predicted molar refractivity (Wildman–Crippen MR) is 102 cm³/mol. The number of hydrogen-bond acceptors (Lipinski definition) is 4. The second kappa shape index (κ2) is 7.03. The minimum atomic E-state index is -0.860. The van der Waals surface area contributed by atoms with E-state index in [1.165, 1.54) is 19.3 Å². The highest BCUT2D eigenvalue weighted by molar-refractivity contribution is 6.14. The Morgan fingerprint density at radius 2 is 2.08 bits per heavy atom. The maximum Gasteiger partial charge on any atom is 0.266 e. The molecule has 2 aromatic rings. The summed E-state index contributed by atoms with van der Waals surface area (Å²) in [5.74, 6) is 0.219. The number of anilines is 1. The number of H-pyrrole nitrogens is 1. The molecule has 1 amide bonds. The van der Waals surface area contributed by atoms with Gasteiger partial charge in [-0.15, -0.1) is 0 Å². The molecule has 3 N–H and O–H groups in total. The van der Waals surface area contributed by atoms with E-state index in [2.05, 4.69) is 16.0 Å². The van der Waals surface area contributed by atoms with Crippen LogP contribution in [0.4, 0.5) is 5.69 Å². The van der Waals surface area contributed by atoms with E-state index < -0.39 is 6.17 Å². The lowest BCUT2D eigenvalue weighted by atomic mass is 9.82. The van der Waals surface area contributed by atoms with Crippen molar-refractivity contribution < 1.29 is 4.79 Å². The lowest BCUT2D eigenvalue weighted by Crippen LogP contribution is -2.42. The Morgan fingerprint density at radius 1 is 1.27 bits per heavy atom. The van der Waals surface area contributed by atoms with Crippen molar-refractivity contribution >= 4 is 17.3 Å². The number of nitrogens with one attached hydrogen (secondary N) is 1. The summed E-state index contributed by atoms with van der Waals surface area (Å²) in [5, 5.41) is 0. The van der Waals surface area contributed by atoms with Crippen LogP contribution in [0.1, 0.15) is 48.9 Å². The first kappa shape index (κ1) is 17.0. The standard InChI is InChI=1S/C20H25N5O/c1-13-6-5-9-16-17(14-7-3-2-4-8-14)24-19(21)20(26)25(18(13)16)11-15-10-22-12-23-15/h5-6,9-10,12,14,19H,2-4,7-8,11,21H2,1H3,(H,22,23). The van der Waals surface area contributed by atoms with Crippen molar-refractivity contribution in [2.45, 2.75) is 51.7 Å². The number of amides is 1. The van der Waals surface area contributed by atoms with Gasteiger partial charge in [-0.1, -0.05) is 37.5 Å². The lowest BCUT2D eigenvalue weighted by molar-refractivity contribution is -0.119. The molecule has 1 aliphatic heterocycles. The van der Waals surface area contributed by atoms with Gasteiger partial charge in [-0.05, 0) is 25.3 Å². The van der Waals surface area contributed by atoms with Gasteiger partial charge in [0.15, 0.2) is 6.17 Å². The Labute approximate surface area is 153 Å². The Balaban J connectivity index is 1.81. The Kier molecular flexibility index (Phi) is 4.59. The average molecular weight is 351 g/mol. The van der Waals surface area contributed by atoms with E-state index in [1.807, 2.05) is 19.1 Å². The summed E-state index contributed by atoms with van der Waals surface area (Å²) >= 11 is 0. The number of aryl methyl sites for hydroxylation is 1. The molecular formula is C20H25N5O. The van der Waals surface area contributed by atoms with Crippen molar-refractivity contribution in [3.8, 4) is 0 Å². The number of nitrogens with zero attached hydrogens (tertiary/aromatic N) is 3. The zero-order chi connectivity index (χ0) is 18.1. The summed E-state index contributed by atoms with van der Waals surface area (Å²) < 4.78 is 0.